The lowest BCUT2D eigenvalue weighted by molar-refractivity contribution is -0.384. The number of pyridine rings is 1. The lowest BCUT2D eigenvalue weighted by Crippen LogP contribution is -2.20. The van der Waals surface area contributed by atoms with Crippen LogP contribution in [0.2, 0.25) is 0 Å². The van der Waals surface area contributed by atoms with Crippen molar-refractivity contribution in [3.63, 3.8) is 0 Å². The van der Waals surface area contributed by atoms with E-state index in [0.717, 1.165) is 5.69 Å². The minimum atomic E-state index is -0.468. The molecule has 1 aromatic carbocycles. The Labute approximate surface area is 116 Å². The third-order valence-electron chi connectivity index (χ3n) is 2.73. The highest BCUT2D eigenvalue weighted by Gasteiger charge is 2.21. The van der Waals surface area contributed by atoms with E-state index < -0.39 is 4.92 Å². The monoisotopic (exact) mass is 268 g/mol. The minimum absolute atomic E-state index is 0.0747. The summed E-state index contributed by atoms with van der Waals surface area (Å²) in [5.41, 5.74) is 0.693. The second kappa shape index (κ2) is 6.29. The van der Waals surface area contributed by atoms with Crippen LogP contribution in [0.4, 0.5) is 17.2 Å². The van der Waals surface area contributed by atoms with Gasteiger partial charge in [-0.05, 0) is 18.2 Å². The van der Waals surface area contributed by atoms with Gasteiger partial charge in [0.1, 0.15) is 0 Å². The molecule has 0 atom stereocenters. The predicted octanol–water partition coefficient (Wildman–Crippen LogP) is 3.04. The van der Waals surface area contributed by atoms with Gasteiger partial charge in [0.05, 0.1) is 17.4 Å². The zero-order valence-electron chi connectivity index (χ0n) is 10.6. The summed E-state index contributed by atoms with van der Waals surface area (Å²) in [5.74, 6) is 0.249. The van der Waals surface area contributed by atoms with Crippen LogP contribution in [-0.2, 0) is 0 Å². The normalized spacial score (nSPS) is 9.75. The molecule has 0 unspecified atom stereocenters. The maximum absolute atomic E-state index is 11.1. The van der Waals surface area contributed by atoms with Crippen LogP contribution in [0.3, 0.4) is 0 Å². The number of nitriles is 1. The van der Waals surface area contributed by atoms with Gasteiger partial charge < -0.3 is 4.90 Å². The van der Waals surface area contributed by atoms with Crippen molar-refractivity contribution in [1.29, 1.82) is 5.26 Å². The molecule has 2 rings (SSSR count). The summed E-state index contributed by atoms with van der Waals surface area (Å²) in [4.78, 5) is 16.4. The van der Waals surface area contributed by atoms with Gasteiger partial charge in [-0.2, -0.15) is 5.26 Å². The van der Waals surface area contributed by atoms with E-state index >= 15 is 0 Å². The van der Waals surface area contributed by atoms with Gasteiger partial charge in [-0.3, -0.25) is 10.1 Å². The zero-order valence-corrected chi connectivity index (χ0v) is 10.6. The van der Waals surface area contributed by atoms with E-state index in [-0.39, 0.29) is 17.9 Å². The molecule has 0 fully saturated rings. The second-order valence-electron chi connectivity index (χ2n) is 4.00. The van der Waals surface area contributed by atoms with Crippen LogP contribution < -0.4 is 4.90 Å². The number of nitrogens with zero attached hydrogens (tertiary/aromatic N) is 4. The van der Waals surface area contributed by atoms with E-state index in [4.69, 9.17) is 5.26 Å². The second-order valence-corrected chi connectivity index (χ2v) is 4.00. The predicted molar refractivity (Wildman–Crippen MR) is 74.6 cm³/mol. The van der Waals surface area contributed by atoms with Gasteiger partial charge in [0.25, 0.3) is 0 Å². The molecule has 0 aliphatic carbocycles. The number of aromatic nitrogens is 1. The number of hydrogen-bond acceptors (Lipinski definition) is 5. The lowest BCUT2D eigenvalue weighted by atomic mass is 10.2. The van der Waals surface area contributed by atoms with E-state index in [1.807, 2.05) is 36.4 Å². The number of nitro groups is 1. The van der Waals surface area contributed by atoms with Crippen LogP contribution in [0.1, 0.15) is 6.42 Å². The molecule has 0 N–H and O–H groups in total. The van der Waals surface area contributed by atoms with Crippen molar-refractivity contribution >= 4 is 17.2 Å². The SMILES string of the molecule is N#CCCN(c1ccccc1)c1ncccc1[N+](=O)[O-]. The standard InChI is InChI=1S/C14H12N4O2/c15-9-5-11-17(12-6-2-1-3-7-12)14-13(18(19)20)8-4-10-16-14/h1-4,6-8,10H,5,11H2. The van der Waals surface area contributed by atoms with Gasteiger partial charge in [-0.1, -0.05) is 18.2 Å². The molecule has 20 heavy (non-hydrogen) atoms. The number of anilines is 2. The van der Waals surface area contributed by atoms with Crippen molar-refractivity contribution in [2.75, 3.05) is 11.4 Å². The highest BCUT2D eigenvalue weighted by molar-refractivity contribution is 5.68. The zero-order chi connectivity index (χ0) is 14.4. The molecule has 0 bridgehead atoms. The molecule has 0 aliphatic rings. The molecule has 0 spiro atoms. The van der Waals surface area contributed by atoms with Gasteiger partial charge in [-0.15, -0.1) is 0 Å². The van der Waals surface area contributed by atoms with Crippen LogP contribution in [0.5, 0.6) is 0 Å². The first-order chi connectivity index (χ1) is 9.74. The van der Waals surface area contributed by atoms with E-state index in [9.17, 15) is 10.1 Å². The van der Waals surface area contributed by atoms with E-state index in [0.29, 0.717) is 6.54 Å². The average Bonchev–Trinajstić information content (AvgIpc) is 2.49. The van der Waals surface area contributed by atoms with Crippen molar-refractivity contribution in [3.05, 3.63) is 58.8 Å². The fourth-order valence-electron chi connectivity index (χ4n) is 1.87. The Morgan fingerprint density at radius 3 is 2.65 bits per heavy atom. The number of benzene rings is 1. The van der Waals surface area contributed by atoms with Crippen molar-refractivity contribution in [3.8, 4) is 6.07 Å². The largest absolute Gasteiger partial charge is 0.320 e. The maximum atomic E-state index is 11.1. The Hall–Kier alpha value is -2.94. The lowest BCUT2D eigenvalue weighted by Gasteiger charge is -2.22. The van der Waals surface area contributed by atoms with Crippen LogP contribution >= 0.6 is 0 Å². The first kappa shape index (κ1) is 13.5. The van der Waals surface area contributed by atoms with Gasteiger partial charge in [0.15, 0.2) is 0 Å². The Morgan fingerprint density at radius 1 is 1.25 bits per heavy atom. The Balaban J connectivity index is 2.47. The van der Waals surface area contributed by atoms with Crippen LogP contribution in [0, 0.1) is 21.4 Å². The van der Waals surface area contributed by atoms with E-state index in [1.165, 1.54) is 18.3 Å². The summed E-state index contributed by atoms with van der Waals surface area (Å²) in [6.07, 6.45) is 1.76. The first-order valence-electron chi connectivity index (χ1n) is 6.03. The number of para-hydroxylation sites is 1. The molecular weight excluding hydrogens is 256 g/mol. The van der Waals surface area contributed by atoms with Crippen LogP contribution in [0.25, 0.3) is 0 Å². The summed E-state index contributed by atoms with van der Waals surface area (Å²) in [5, 5.41) is 19.9. The van der Waals surface area contributed by atoms with Gasteiger partial charge in [0, 0.05) is 24.5 Å². The van der Waals surface area contributed by atoms with E-state index in [1.54, 1.807) is 4.90 Å². The molecule has 100 valence electrons. The molecule has 0 radical (unpaired) electrons. The quantitative estimate of drug-likeness (QED) is 0.614. The van der Waals surface area contributed by atoms with Crippen molar-refractivity contribution < 1.29 is 4.92 Å². The molecule has 6 nitrogen and oxygen atoms in total. The molecule has 1 aromatic heterocycles. The number of hydrogen-bond donors (Lipinski definition) is 0. The number of rotatable bonds is 5. The fraction of sp³-hybridized carbons (Fsp3) is 0.143. The molecule has 0 aliphatic heterocycles. The topological polar surface area (TPSA) is 83.1 Å². The van der Waals surface area contributed by atoms with Crippen molar-refractivity contribution in [2.45, 2.75) is 6.42 Å². The highest BCUT2D eigenvalue weighted by atomic mass is 16.6. The summed E-state index contributed by atoms with van der Waals surface area (Å²) < 4.78 is 0. The Kier molecular flexibility index (Phi) is 4.24. The van der Waals surface area contributed by atoms with Crippen LogP contribution in [0.15, 0.2) is 48.7 Å². The molecule has 0 saturated heterocycles. The third-order valence-corrected chi connectivity index (χ3v) is 2.73. The molecule has 1 heterocycles. The van der Waals surface area contributed by atoms with Gasteiger partial charge in [0.2, 0.25) is 5.82 Å². The smallest absolute Gasteiger partial charge is 0.311 e. The van der Waals surface area contributed by atoms with E-state index in [2.05, 4.69) is 4.98 Å². The average molecular weight is 268 g/mol. The molecule has 0 saturated carbocycles. The summed E-state index contributed by atoms with van der Waals surface area (Å²) >= 11 is 0. The van der Waals surface area contributed by atoms with Crippen molar-refractivity contribution in [2.24, 2.45) is 0 Å². The summed E-state index contributed by atoms with van der Waals surface area (Å²) in [6.45, 7) is 0.346. The molecule has 6 heteroatoms. The summed E-state index contributed by atoms with van der Waals surface area (Å²) in [6, 6.07) is 14.2. The van der Waals surface area contributed by atoms with Crippen molar-refractivity contribution in [1.82, 2.24) is 4.98 Å². The van der Waals surface area contributed by atoms with Gasteiger partial charge in [-0.25, -0.2) is 4.98 Å². The van der Waals surface area contributed by atoms with Crippen LogP contribution in [-0.4, -0.2) is 16.5 Å². The molecule has 0 amide bonds. The molecular formula is C14H12N4O2. The third kappa shape index (κ3) is 2.90. The minimum Gasteiger partial charge on any atom is -0.320 e. The highest BCUT2D eigenvalue weighted by Crippen LogP contribution is 2.31. The van der Waals surface area contributed by atoms with Gasteiger partial charge >= 0.3 is 5.69 Å². The maximum Gasteiger partial charge on any atom is 0.311 e. The first-order valence-corrected chi connectivity index (χ1v) is 6.03. The molecule has 2 aromatic rings. The fourth-order valence-corrected chi connectivity index (χ4v) is 1.87. The Morgan fingerprint density at radius 2 is 2.00 bits per heavy atom. The summed E-state index contributed by atoms with van der Waals surface area (Å²) in [7, 11) is 0. The Bertz CT molecular complexity index is 637.